The van der Waals surface area contributed by atoms with Gasteiger partial charge in [0.05, 0.1) is 71.9 Å². The van der Waals surface area contributed by atoms with Crippen molar-refractivity contribution in [3.63, 3.8) is 0 Å². The Morgan fingerprint density at radius 2 is 1.20 bits per heavy atom. The minimum atomic E-state index is -1.20. The molecule has 3 aliphatic rings. The monoisotopic (exact) mass is 1160 g/mol. The van der Waals surface area contributed by atoms with Crippen molar-refractivity contribution in [2.24, 2.45) is 40.3 Å². The number of aromatic nitrogens is 1. The Bertz CT molecular complexity index is 3220. The Labute approximate surface area is 479 Å². The number of allylic oxidation sites excluding steroid dienone is 1. The summed E-state index contributed by atoms with van der Waals surface area (Å²) in [6, 6.07) is 24.3. The summed E-state index contributed by atoms with van der Waals surface area (Å²) in [6.07, 6.45) is 7.64. The molecule has 434 valence electrons. The number of primary amides is 1. The molecule has 1 aliphatic heterocycles. The number of aliphatic carboxylic acids is 1. The van der Waals surface area contributed by atoms with E-state index in [2.05, 4.69) is 32.5 Å². The molecule has 5 aromatic rings. The number of carbonyl (C=O) groups is 11. The fraction of sp³-hybridized carbons (Fsp3) is 0.271. The number of nitrogens with one attached hydrogen (secondary N) is 2. The number of carboxylic acids is 2. The number of anilines is 1. The lowest BCUT2D eigenvalue weighted by Crippen LogP contribution is -2.41. The second kappa shape index (κ2) is 31.5. The zero-order chi connectivity index (χ0) is 60.8. The molecule has 24 heteroatoms. The molecule has 1 fully saturated rings. The van der Waals surface area contributed by atoms with Crippen LogP contribution in [0.4, 0.5) is 11.4 Å². The number of ketones is 2. The Hall–Kier alpha value is -9.42. The zero-order valence-corrected chi connectivity index (χ0v) is 45.1. The fourth-order valence-corrected chi connectivity index (χ4v) is 9.00. The molecule has 2 bridgehead atoms. The summed E-state index contributed by atoms with van der Waals surface area (Å²) in [6.45, 7) is 0.474. The van der Waals surface area contributed by atoms with Crippen LogP contribution in [0.5, 0.6) is 0 Å². The molecular weight excluding hydrogens is 1100 g/mol. The van der Waals surface area contributed by atoms with Crippen molar-refractivity contribution < 1.29 is 87.7 Å². The van der Waals surface area contributed by atoms with Crippen LogP contribution in [0.15, 0.2) is 120 Å². The topological polar surface area (TPSA) is 383 Å². The smallest absolute Gasteiger partial charge is 0.335 e. The largest absolute Gasteiger partial charge is 0.481 e. The summed E-state index contributed by atoms with van der Waals surface area (Å²) in [5.74, 6) is -6.17. The number of nitrogens with zero attached hydrogens (tertiary/aromatic N) is 2. The number of aromatic carboxylic acids is 1. The number of fused-ring (bicyclic) bond motifs is 3. The van der Waals surface area contributed by atoms with E-state index in [0.717, 1.165) is 23.4 Å². The molecule has 2 amide bonds. The first-order valence-electron chi connectivity index (χ1n) is 25.5. The highest BCUT2D eigenvalue weighted by Crippen LogP contribution is 2.48. The molecule has 1 aromatic heterocycles. The summed E-state index contributed by atoms with van der Waals surface area (Å²) in [5.41, 5.74) is 11.9. The zero-order valence-electron chi connectivity index (χ0n) is 44.4. The van der Waals surface area contributed by atoms with Crippen molar-refractivity contribution >= 4 is 95.3 Å². The first kappa shape index (κ1) is 64.4. The second-order valence-corrected chi connectivity index (χ2v) is 19.0. The normalized spacial score (nSPS) is 16.8. The van der Waals surface area contributed by atoms with Gasteiger partial charge in [0, 0.05) is 64.9 Å². The van der Waals surface area contributed by atoms with Gasteiger partial charge in [-0.3, -0.25) is 52.9 Å². The Kier molecular flexibility index (Phi) is 24.5. The lowest BCUT2D eigenvalue weighted by Gasteiger charge is -2.28. The number of aliphatic hydroxyl groups excluding tert-OH is 3. The highest BCUT2D eigenvalue weighted by molar-refractivity contribution is 6.34. The number of ether oxygens (including phenoxy) is 2. The molecule has 0 radical (unpaired) electrons. The Morgan fingerprint density at radius 1 is 0.699 bits per heavy atom. The summed E-state index contributed by atoms with van der Waals surface area (Å²) in [4.78, 5) is 131. The van der Waals surface area contributed by atoms with E-state index in [4.69, 9.17) is 52.6 Å². The lowest BCUT2D eigenvalue weighted by molar-refractivity contribution is -0.149. The van der Waals surface area contributed by atoms with Gasteiger partial charge in [-0.1, -0.05) is 96.5 Å². The van der Waals surface area contributed by atoms with Gasteiger partial charge in [0.15, 0.2) is 17.8 Å². The molecule has 8 rings (SSSR count). The first-order valence-corrected chi connectivity index (χ1v) is 25.9. The standard InChI is InChI=1S/C25H24ClN5O5.C14H16O5.C12H12O5.C8H6O3/c26-16-9-28-18-8-17(12-1-3-13(4-2-12)25(35)30-19(10-32)36-11-33)29-23(18)22(16)31-21-15-6-5-14(7-15)20(21)24(27)34;1-2-19-14(18)12(9-16)7-13(17)11-5-3-10(8-15)4-6-11;13-6-8-1-3-9(4-2-8)11(15)5-10(7-14)12(16)17;9-5-6-1-3-7(4-2-6)8(10)11/h1-6,9,11,14-15,19-21,32H,7-8,10H2,(H2,27,34)(H,28,31)(H,30,35);3-6,8,12,16H,2,7,9H2,1H3;1-4,6,10,14H,5,7H2,(H,16,17);1-5H,(H,10,11)/t14-,15+,19?,20+,21-;;;/m1.../s1. The molecular formula is C59H58ClN5O18. The van der Waals surface area contributed by atoms with Gasteiger partial charge < -0.3 is 51.4 Å². The van der Waals surface area contributed by atoms with Crippen molar-refractivity contribution in [3.8, 4) is 0 Å². The maximum absolute atomic E-state index is 12.4. The van der Waals surface area contributed by atoms with Crippen LogP contribution in [0, 0.1) is 29.6 Å². The van der Waals surface area contributed by atoms with E-state index < -0.39 is 61.7 Å². The van der Waals surface area contributed by atoms with Gasteiger partial charge in [0.2, 0.25) is 5.91 Å². The third-order valence-electron chi connectivity index (χ3n) is 13.2. The van der Waals surface area contributed by atoms with Crippen LogP contribution < -0.4 is 16.4 Å². The molecule has 7 atom stereocenters. The number of halogens is 1. The number of hydrogen-bond donors (Lipinski definition) is 8. The highest BCUT2D eigenvalue weighted by atomic mass is 35.5. The number of Topliss-reactive ketones (excluding diaryl/α,β-unsaturated/α-hetero) is 2. The summed E-state index contributed by atoms with van der Waals surface area (Å²) in [7, 11) is 0. The van der Waals surface area contributed by atoms with Crippen LogP contribution in [0.2, 0.25) is 5.02 Å². The van der Waals surface area contributed by atoms with E-state index in [-0.39, 0.29) is 72.8 Å². The van der Waals surface area contributed by atoms with E-state index in [9.17, 15) is 52.7 Å². The number of hydrogen-bond acceptors (Lipinski definition) is 19. The van der Waals surface area contributed by atoms with Crippen LogP contribution in [0.1, 0.15) is 110 Å². The Balaban J connectivity index is 0.000000226. The summed E-state index contributed by atoms with van der Waals surface area (Å²) < 4.78 is 9.36. The molecule has 4 aromatic carbocycles. The molecule has 1 saturated carbocycles. The number of aldehydes is 3. The van der Waals surface area contributed by atoms with E-state index in [1.807, 2.05) is 0 Å². The molecule has 2 aliphatic carbocycles. The minimum Gasteiger partial charge on any atom is -0.481 e. The minimum absolute atomic E-state index is 0.115. The Morgan fingerprint density at radius 3 is 1.66 bits per heavy atom. The van der Waals surface area contributed by atoms with E-state index in [1.165, 1.54) is 72.8 Å². The predicted molar refractivity (Wildman–Crippen MR) is 298 cm³/mol. The number of benzene rings is 4. The molecule has 9 N–H and O–H groups in total. The second-order valence-electron chi connectivity index (χ2n) is 18.6. The number of esters is 1. The molecule has 0 spiro atoms. The van der Waals surface area contributed by atoms with Crippen LogP contribution in [-0.2, 0) is 35.1 Å². The number of pyridine rings is 1. The maximum atomic E-state index is 12.4. The van der Waals surface area contributed by atoms with Crippen LogP contribution in [0.3, 0.4) is 0 Å². The summed E-state index contributed by atoms with van der Waals surface area (Å²) in [5, 5.41) is 50.5. The van der Waals surface area contributed by atoms with Crippen LogP contribution >= 0.6 is 11.6 Å². The quantitative estimate of drug-likeness (QED) is 0.0133. The van der Waals surface area contributed by atoms with Crippen molar-refractivity contribution in [2.75, 3.05) is 31.7 Å². The van der Waals surface area contributed by atoms with E-state index >= 15 is 0 Å². The van der Waals surface area contributed by atoms with Gasteiger partial charge in [0.1, 0.15) is 24.5 Å². The lowest BCUT2D eigenvalue weighted by atomic mass is 9.88. The molecule has 3 unspecified atom stereocenters. The van der Waals surface area contributed by atoms with Crippen LogP contribution in [-0.4, -0.2) is 142 Å². The van der Waals surface area contributed by atoms with Gasteiger partial charge >= 0.3 is 17.9 Å². The number of amides is 2. The number of aliphatic imine (C=N–C) groups is 1. The SMILES string of the molecule is CCOC(=O)C(CO)CC(=O)c1ccc(C=O)cc1.NC(=O)[C@@H]1[C@H](Nc2c(Cl)cnc3c2N=C(c2ccc(C(=O)NC(CO)OC=O)cc2)C3)[C@H]2C=C[C@@H]1C2.O=Cc1ccc(C(=O)CC(CO)C(=O)O)cc1.O=Cc1ccc(C(=O)O)cc1. The number of carbonyl (C=O) groups excluding carboxylic acids is 9. The van der Waals surface area contributed by atoms with E-state index in [1.54, 1.807) is 37.4 Å². The van der Waals surface area contributed by atoms with Crippen molar-refractivity contribution in [2.45, 2.75) is 44.9 Å². The molecule has 0 saturated heterocycles. The number of carboxylic acid groups (broad SMARTS) is 2. The number of aliphatic hydroxyl groups is 3. The number of nitrogens with two attached hydrogens (primary N) is 1. The summed E-state index contributed by atoms with van der Waals surface area (Å²) >= 11 is 6.52. The molecule has 23 nitrogen and oxygen atoms in total. The average Bonchev–Trinajstić information content (AvgIpc) is 3.68. The van der Waals surface area contributed by atoms with Crippen molar-refractivity contribution in [1.82, 2.24) is 10.3 Å². The van der Waals surface area contributed by atoms with Gasteiger partial charge in [-0.25, -0.2) is 9.79 Å². The third-order valence-corrected chi connectivity index (χ3v) is 13.5. The van der Waals surface area contributed by atoms with E-state index in [0.29, 0.717) is 75.1 Å². The number of rotatable bonds is 24. The molecule has 83 heavy (non-hydrogen) atoms. The van der Waals surface area contributed by atoms with Gasteiger partial charge in [-0.05, 0) is 55.0 Å². The van der Waals surface area contributed by atoms with Crippen LogP contribution in [0.25, 0.3) is 0 Å². The van der Waals surface area contributed by atoms with Crippen molar-refractivity contribution in [3.05, 3.63) is 171 Å². The first-order chi connectivity index (χ1) is 39.8. The molecule has 2 heterocycles. The fourth-order valence-electron chi connectivity index (χ4n) is 8.81. The van der Waals surface area contributed by atoms with Gasteiger partial charge in [-0.2, -0.15) is 0 Å². The highest BCUT2D eigenvalue weighted by Gasteiger charge is 2.48. The predicted octanol–water partition coefficient (Wildman–Crippen LogP) is 4.93. The average molecular weight is 1160 g/mol. The van der Waals surface area contributed by atoms with Gasteiger partial charge in [0.25, 0.3) is 12.4 Å². The third kappa shape index (κ3) is 17.8. The van der Waals surface area contributed by atoms with Crippen molar-refractivity contribution in [1.29, 1.82) is 0 Å². The maximum Gasteiger partial charge on any atom is 0.335 e. The van der Waals surface area contributed by atoms with Gasteiger partial charge in [-0.15, -0.1) is 0 Å².